The van der Waals surface area contributed by atoms with Crippen molar-refractivity contribution in [2.75, 3.05) is 11.9 Å². The molecule has 10 heteroatoms. The van der Waals surface area contributed by atoms with Crippen LogP contribution in [0.5, 0.6) is 0 Å². The Kier molecular flexibility index (Phi) is 6.67. The number of hydrogen-bond donors (Lipinski definition) is 3. The van der Waals surface area contributed by atoms with Gasteiger partial charge in [-0.15, -0.1) is 0 Å². The van der Waals surface area contributed by atoms with Crippen molar-refractivity contribution >= 4 is 47.2 Å². The van der Waals surface area contributed by atoms with Gasteiger partial charge in [0.15, 0.2) is 0 Å². The summed E-state index contributed by atoms with van der Waals surface area (Å²) < 4.78 is 1.82. The molecule has 0 spiro atoms. The molecule has 1 aliphatic rings. The van der Waals surface area contributed by atoms with E-state index in [2.05, 4.69) is 10.6 Å². The number of nitrogens with one attached hydrogen (secondary N) is 2. The second kappa shape index (κ2) is 9.71. The topological polar surface area (TPSA) is 121 Å². The van der Waals surface area contributed by atoms with E-state index in [1.165, 1.54) is 18.2 Å². The number of imide groups is 1. The largest absolute Gasteiger partial charge is 0.478 e. The number of nitrogens with zero attached hydrogens (tertiary/aromatic N) is 2. The molecular weight excluding hydrogens is 484 g/mol. The van der Waals surface area contributed by atoms with Crippen LogP contribution in [0.3, 0.4) is 0 Å². The zero-order valence-electron chi connectivity index (χ0n) is 19.8. The van der Waals surface area contributed by atoms with Crippen molar-refractivity contribution in [3.05, 3.63) is 87.3 Å². The number of aromatic nitrogens is 1. The van der Waals surface area contributed by atoms with Crippen LogP contribution in [0.4, 0.5) is 10.5 Å². The molecule has 3 aromatic rings. The van der Waals surface area contributed by atoms with E-state index >= 15 is 0 Å². The second-order valence-electron chi connectivity index (χ2n) is 8.42. The summed E-state index contributed by atoms with van der Waals surface area (Å²) in [5.41, 5.74) is 4.34. The van der Waals surface area contributed by atoms with Crippen LogP contribution < -0.4 is 10.6 Å². The number of carbonyl (C=O) groups excluding carboxylic acids is 3. The van der Waals surface area contributed by atoms with Gasteiger partial charge in [-0.1, -0.05) is 29.3 Å². The normalized spacial score (nSPS) is 14.3. The monoisotopic (exact) mass is 506 g/mol. The molecule has 0 saturated carbocycles. The maximum atomic E-state index is 12.9. The van der Waals surface area contributed by atoms with E-state index in [4.69, 9.17) is 11.6 Å². The molecule has 36 heavy (non-hydrogen) atoms. The summed E-state index contributed by atoms with van der Waals surface area (Å²) in [5, 5.41) is 14.7. The molecule has 184 valence electrons. The minimum absolute atomic E-state index is 0.0284. The summed E-state index contributed by atoms with van der Waals surface area (Å²) >= 11 is 6.00. The average Bonchev–Trinajstić information content (AvgIpc) is 3.24. The van der Waals surface area contributed by atoms with Gasteiger partial charge in [-0.25, -0.2) is 14.5 Å². The lowest BCUT2D eigenvalue weighted by molar-refractivity contribution is -0.127. The highest BCUT2D eigenvalue weighted by Crippen LogP contribution is 2.27. The third kappa shape index (κ3) is 4.87. The molecule has 0 bridgehead atoms. The summed E-state index contributed by atoms with van der Waals surface area (Å²) in [6.07, 6.45) is 1.53. The molecular formula is C26H23ClN4O5. The molecule has 1 aromatic heterocycles. The summed E-state index contributed by atoms with van der Waals surface area (Å²) in [6, 6.07) is 13.0. The van der Waals surface area contributed by atoms with Crippen molar-refractivity contribution in [3.63, 3.8) is 0 Å². The zero-order valence-corrected chi connectivity index (χ0v) is 20.5. The van der Waals surface area contributed by atoms with Crippen LogP contribution in [0.1, 0.15) is 32.9 Å². The molecule has 9 nitrogen and oxygen atoms in total. The molecule has 0 aliphatic carbocycles. The van der Waals surface area contributed by atoms with E-state index in [1.54, 1.807) is 18.2 Å². The minimum atomic E-state index is -1.14. The van der Waals surface area contributed by atoms with Gasteiger partial charge < -0.3 is 20.3 Å². The Balaban J connectivity index is 1.55. The highest BCUT2D eigenvalue weighted by Gasteiger charge is 2.35. The lowest BCUT2D eigenvalue weighted by Gasteiger charge is -2.12. The number of urea groups is 1. The van der Waals surface area contributed by atoms with Gasteiger partial charge in [0.1, 0.15) is 12.2 Å². The van der Waals surface area contributed by atoms with Crippen molar-refractivity contribution in [2.24, 2.45) is 0 Å². The Labute approximate surface area is 212 Å². The Morgan fingerprint density at radius 1 is 1.06 bits per heavy atom. The maximum Gasteiger partial charge on any atom is 0.337 e. The Morgan fingerprint density at radius 2 is 1.75 bits per heavy atom. The number of benzene rings is 2. The molecule has 0 atom stereocenters. The van der Waals surface area contributed by atoms with Gasteiger partial charge in [-0.3, -0.25) is 9.59 Å². The Hall–Kier alpha value is -4.37. The number of hydrogen-bond acceptors (Lipinski definition) is 4. The van der Waals surface area contributed by atoms with Gasteiger partial charge in [0.2, 0.25) is 5.91 Å². The number of aryl methyl sites for hydroxylation is 2. The van der Waals surface area contributed by atoms with E-state index in [1.807, 2.05) is 43.5 Å². The quantitative estimate of drug-likeness (QED) is 0.340. The van der Waals surface area contributed by atoms with Crippen molar-refractivity contribution in [3.8, 4) is 5.69 Å². The smallest absolute Gasteiger partial charge is 0.337 e. The summed E-state index contributed by atoms with van der Waals surface area (Å²) in [4.78, 5) is 50.1. The fourth-order valence-corrected chi connectivity index (χ4v) is 4.20. The Morgan fingerprint density at radius 3 is 2.42 bits per heavy atom. The lowest BCUT2D eigenvalue weighted by Crippen LogP contribution is -2.38. The van der Waals surface area contributed by atoms with Gasteiger partial charge in [0, 0.05) is 22.8 Å². The first-order chi connectivity index (χ1) is 17.0. The maximum absolute atomic E-state index is 12.9. The highest BCUT2D eigenvalue weighted by molar-refractivity contribution is 6.33. The molecule has 1 aliphatic heterocycles. The standard InChI is InChI=1S/C26H23ClN4O5/c1-14-4-6-18(7-5-14)28-23(32)13-30-24(33)22(29-26(30)36)11-17-10-15(2)31(16(17)3)19-8-9-21(27)20(12-19)25(34)35/h4-12H,13H2,1-3H3,(H,28,32)(H,29,36)(H,34,35)/b22-11+. The van der Waals surface area contributed by atoms with Crippen LogP contribution in [0.2, 0.25) is 5.02 Å². The van der Waals surface area contributed by atoms with Crippen LogP contribution in [0, 0.1) is 20.8 Å². The average molecular weight is 507 g/mol. The lowest BCUT2D eigenvalue weighted by atomic mass is 10.2. The minimum Gasteiger partial charge on any atom is -0.478 e. The number of carbonyl (C=O) groups is 4. The van der Waals surface area contributed by atoms with Gasteiger partial charge >= 0.3 is 12.0 Å². The first kappa shape index (κ1) is 24.7. The van der Waals surface area contributed by atoms with E-state index in [0.29, 0.717) is 16.9 Å². The molecule has 0 radical (unpaired) electrons. The van der Waals surface area contributed by atoms with Crippen LogP contribution in [-0.2, 0) is 9.59 Å². The second-order valence-corrected chi connectivity index (χ2v) is 8.83. The number of halogens is 1. The summed E-state index contributed by atoms with van der Waals surface area (Å²) in [5.74, 6) is -2.26. The number of aromatic carboxylic acids is 1. The van der Waals surface area contributed by atoms with E-state index in [-0.39, 0.29) is 16.3 Å². The predicted octanol–water partition coefficient (Wildman–Crippen LogP) is 4.29. The molecule has 1 fully saturated rings. The van der Waals surface area contributed by atoms with Crippen molar-refractivity contribution < 1.29 is 24.3 Å². The number of carboxylic acids is 1. The molecule has 1 saturated heterocycles. The molecule has 3 N–H and O–H groups in total. The fourth-order valence-electron chi connectivity index (χ4n) is 4.00. The van der Waals surface area contributed by atoms with Crippen molar-refractivity contribution in [1.29, 1.82) is 0 Å². The van der Waals surface area contributed by atoms with E-state index in [9.17, 15) is 24.3 Å². The number of carboxylic acid groups (broad SMARTS) is 1. The Bertz CT molecular complexity index is 1440. The van der Waals surface area contributed by atoms with Crippen molar-refractivity contribution in [2.45, 2.75) is 20.8 Å². The molecule has 0 unspecified atom stereocenters. The summed E-state index contributed by atoms with van der Waals surface area (Å²) in [6.45, 7) is 5.13. The third-order valence-electron chi connectivity index (χ3n) is 5.81. The zero-order chi connectivity index (χ0) is 26.1. The van der Waals surface area contributed by atoms with E-state index in [0.717, 1.165) is 21.9 Å². The van der Waals surface area contributed by atoms with Crippen LogP contribution >= 0.6 is 11.6 Å². The summed E-state index contributed by atoms with van der Waals surface area (Å²) in [7, 11) is 0. The number of amides is 4. The van der Waals surface area contributed by atoms with Gasteiger partial charge in [-0.05, 0) is 68.8 Å². The highest BCUT2D eigenvalue weighted by atomic mass is 35.5. The fraction of sp³-hybridized carbons (Fsp3) is 0.154. The molecule has 2 heterocycles. The van der Waals surface area contributed by atoms with Crippen LogP contribution in [-0.4, -0.2) is 44.9 Å². The predicted molar refractivity (Wildman–Crippen MR) is 135 cm³/mol. The van der Waals surface area contributed by atoms with Gasteiger partial charge in [-0.2, -0.15) is 0 Å². The molecule has 2 aromatic carbocycles. The van der Waals surface area contributed by atoms with E-state index < -0.39 is 30.4 Å². The SMILES string of the molecule is Cc1ccc(NC(=O)CN2C(=O)N/C(=C/c3cc(C)n(-c4ccc(Cl)c(C(=O)O)c4)c3C)C2=O)cc1. The molecule has 4 amide bonds. The third-order valence-corrected chi connectivity index (χ3v) is 6.14. The number of rotatable bonds is 6. The van der Waals surface area contributed by atoms with Gasteiger partial charge in [0.05, 0.1) is 10.6 Å². The number of anilines is 1. The van der Waals surface area contributed by atoms with Gasteiger partial charge in [0.25, 0.3) is 5.91 Å². The first-order valence-electron chi connectivity index (χ1n) is 11.0. The first-order valence-corrected chi connectivity index (χ1v) is 11.4. The van der Waals surface area contributed by atoms with Crippen molar-refractivity contribution in [1.82, 2.24) is 14.8 Å². The molecule has 4 rings (SSSR count). The van der Waals surface area contributed by atoms with Crippen LogP contribution in [0.25, 0.3) is 11.8 Å². The van der Waals surface area contributed by atoms with Crippen LogP contribution in [0.15, 0.2) is 54.2 Å².